The average Bonchev–Trinajstić information content (AvgIpc) is 2.97. The van der Waals surface area contributed by atoms with Crippen LogP contribution < -0.4 is 5.73 Å². The predicted octanol–water partition coefficient (Wildman–Crippen LogP) is 3.12. The molecule has 96 valence electrons. The van der Waals surface area contributed by atoms with Crippen molar-refractivity contribution < 1.29 is 0 Å². The van der Waals surface area contributed by atoms with Gasteiger partial charge in [0.05, 0.1) is 5.69 Å². The third-order valence-electron chi connectivity index (χ3n) is 4.19. The Morgan fingerprint density at radius 3 is 2.94 bits per heavy atom. The minimum atomic E-state index is 0.181. The smallest absolute Gasteiger partial charge is 0.0554 e. The van der Waals surface area contributed by atoms with E-state index in [0.29, 0.717) is 5.92 Å². The first-order valence-corrected chi connectivity index (χ1v) is 7.03. The molecular weight excluding hydrogens is 210 g/mol. The van der Waals surface area contributed by atoms with Crippen LogP contribution in [0, 0.1) is 11.8 Å². The monoisotopic (exact) mass is 235 g/mol. The van der Waals surface area contributed by atoms with Gasteiger partial charge in [0.25, 0.3) is 0 Å². The van der Waals surface area contributed by atoms with E-state index in [4.69, 9.17) is 5.73 Å². The Balaban J connectivity index is 2.03. The summed E-state index contributed by atoms with van der Waals surface area (Å²) < 4.78 is 2.09. The predicted molar refractivity (Wildman–Crippen MR) is 70.6 cm³/mol. The standard InChI is InChI=1S/C14H25N3/c1-3-9-17-13(7-8-16-17)14(15)12-6-5-11(4-2)10-12/h7-8,11-12,14H,3-6,9-10,15H2,1-2H3. The van der Waals surface area contributed by atoms with E-state index in [2.05, 4.69) is 29.7 Å². The number of aromatic nitrogens is 2. The van der Waals surface area contributed by atoms with Crippen LogP contribution in [0.5, 0.6) is 0 Å². The summed E-state index contributed by atoms with van der Waals surface area (Å²) in [5.41, 5.74) is 7.66. The highest BCUT2D eigenvalue weighted by Crippen LogP contribution is 2.39. The molecular formula is C14H25N3. The molecule has 1 saturated carbocycles. The van der Waals surface area contributed by atoms with E-state index in [9.17, 15) is 0 Å². The third kappa shape index (κ3) is 2.71. The van der Waals surface area contributed by atoms with Crippen LogP contribution in [0.2, 0.25) is 0 Å². The van der Waals surface area contributed by atoms with Crippen molar-refractivity contribution in [3.63, 3.8) is 0 Å². The number of nitrogens with two attached hydrogens (primary N) is 1. The third-order valence-corrected chi connectivity index (χ3v) is 4.19. The summed E-state index contributed by atoms with van der Waals surface area (Å²) in [7, 11) is 0. The second-order valence-electron chi connectivity index (χ2n) is 5.35. The maximum atomic E-state index is 6.43. The van der Waals surface area contributed by atoms with Crippen LogP contribution in [0.25, 0.3) is 0 Å². The van der Waals surface area contributed by atoms with Gasteiger partial charge in [-0.3, -0.25) is 4.68 Å². The average molecular weight is 235 g/mol. The second-order valence-corrected chi connectivity index (χ2v) is 5.35. The van der Waals surface area contributed by atoms with Crippen LogP contribution in [0.4, 0.5) is 0 Å². The van der Waals surface area contributed by atoms with Gasteiger partial charge in [0.15, 0.2) is 0 Å². The zero-order chi connectivity index (χ0) is 12.3. The van der Waals surface area contributed by atoms with Crippen LogP contribution in [0.3, 0.4) is 0 Å². The Morgan fingerprint density at radius 2 is 2.29 bits per heavy atom. The molecule has 17 heavy (non-hydrogen) atoms. The van der Waals surface area contributed by atoms with Gasteiger partial charge in [-0.2, -0.15) is 5.10 Å². The molecule has 0 spiro atoms. The molecule has 1 fully saturated rings. The van der Waals surface area contributed by atoms with E-state index in [1.165, 1.54) is 31.4 Å². The Kier molecular flexibility index (Phi) is 4.21. The minimum Gasteiger partial charge on any atom is -0.322 e. The molecule has 1 aromatic rings. The summed E-state index contributed by atoms with van der Waals surface area (Å²) in [6.45, 7) is 5.46. The number of rotatable bonds is 5. The lowest BCUT2D eigenvalue weighted by atomic mass is 9.94. The van der Waals surface area contributed by atoms with Crippen molar-refractivity contribution in [2.75, 3.05) is 0 Å². The van der Waals surface area contributed by atoms with Gasteiger partial charge in [0, 0.05) is 18.8 Å². The van der Waals surface area contributed by atoms with E-state index in [1.54, 1.807) is 0 Å². The van der Waals surface area contributed by atoms with Gasteiger partial charge in [-0.15, -0.1) is 0 Å². The number of hydrogen-bond acceptors (Lipinski definition) is 2. The SMILES string of the molecule is CCCn1nccc1C(N)C1CCC(CC)C1. The molecule has 0 bridgehead atoms. The normalized spacial score (nSPS) is 26.3. The fraction of sp³-hybridized carbons (Fsp3) is 0.786. The lowest BCUT2D eigenvalue weighted by Crippen LogP contribution is -2.23. The molecule has 0 radical (unpaired) electrons. The lowest BCUT2D eigenvalue weighted by molar-refractivity contribution is 0.392. The first kappa shape index (κ1) is 12.6. The van der Waals surface area contributed by atoms with Gasteiger partial charge in [0.1, 0.15) is 0 Å². The summed E-state index contributed by atoms with van der Waals surface area (Å²) >= 11 is 0. The molecule has 3 nitrogen and oxygen atoms in total. The molecule has 1 aliphatic rings. The quantitative estimate of drug-likeness (QED) is 0.852. The van der Waals surface area contributed by atoms with E-state index in [-0.39, 0.29) is 6.04 Å². The lowest BCUT2D eigenvalue weighted by Gasteiger charge is -2.20. The molecule has 2 N–H and O–H groups in total. The van der Waals surface area contributed by atoms with Gasteiger partial charge >= 0.3 is 0 Å². The van der Waals surface area contributed by atoms with Crippen molar-refractivity contribution >= 4 is 0 Å². The number of hydrogen-bond donors (Lipinski definition) is 1. The van der Waals surface area contributed by atoms with Gasteiger partial charge in [-0.1, -0.05) is 26.7 Å². The van der Waals surface area contributed by atoms with E-state index < -0.39 is 0 Å². The van der Waals surface area contributed by atoms with Crippen molar-refractivity contribution in [1.82, 2.24) is 9.78 Å². The van der Waals surface area contributed by atoms with Gasteiger partial charge in [-0.05, 0) is 37.2 Å². The largest absolute Gasteiger partial charge is 0.322 e. The summed E-state index contributed by atoms with van der Waals surface area (Å²) in [5, 5.41) is 4.37. The highest BCUT2D eigenvalue weighted by atomic mass is 15.3. The van der Waals surface area contributed by atoms with Gasteiger partial charge < -0.3 is 5.73 Å². The van der Waals surface area contributed by atoms with Crippen molar-refractivity contribution in [1.29, 1.82) is 0 Å². The zero-order valence-electron chi connectivity index (χ0n) is 11.1. The first-order chi connectivity index (χ1) is 8.26. The Hall–Kier alpha value is -0.830. The Bertz CT molecular complexity index is 345. The summed E-state index contributed by atoms with van der Waals surface area (Å²) in [4.78, 5) is 0. The molecule has 1 aliphatic carbocycles. The highest BCUT2D eigenvalue weighted by molar-refractivity contribution is 5.08. The number of aryl methyl sites for hydroxylation is 1. The molecule has 3 heteroatoms. The van der Waals surface area contributed by atoms with Crippen LogP contribution in [-0.2, 0) is 6.54 Å². The van der Waals surface area contributed by atoms with Crippen molar-refractivity contribution in [2.45, 2.75) is 58.5 Å². The molecule has 0 amide bonds. The maximum absolute atomic E-state index is 6.43. The van der Waals surface area contributed by atoms with E-state index in [1.807, 2.05) is 6.20 Å². The molecule has 0 aromatic carbocycles. The zero-order valence-corrected chi connectivity index (χ0v) is 11.1. The first-order valence-electron chi connectivity index (χ1n) is 7.03. The number of nitrogens with zero attached hydrogens (tertiary/aromatic N) is 2. The molecule has 3 unspecified atom stereocenters. The summed E-state index contributed by atoms with van der Waals surface area (Å²) in [6, 6.07) is 2.28. The maximum Gasteiger partial charge on any atom is 0.0554 e. The topological polar surface area (TPSA) is 43.8 Å². The Morgan fingerprint density at radius 1 is 1.47 bits per heavy atom. The van der Waals surface area contributed by atoms with Crippen LogP contribution in [-0.4, -0.2) is 9.78 Å². The van der Waals surface area contributed by atoms with Crippen molar-refractivity contribution in [2.24, 2.45) is 17.6 Å². The van der Waals surface area contributed by atoms with Crippen molar-refractivity contribution in [3.8, 4) is 0 Å². The van der Waals surface area contributed by atoms with Crippen LogP contribution in [0.1, 0.15) is 57.7 Å². The van der Waals surface area contributed by atoms with Crippen LogP contribution in [0.15, 0.2) is 12.3 Å². The minimum absolute atomic E-state index is 0.181. The van der Waals surface area contributed by atoms with Gasteiger partial charge in [0.2, 0.25) is 0 Å². The fourth-order valence-corrected chi connectivity index (χ4v) is 3.08. The molecule has 1 heterocycles. The summed E-state index contributed by atoms with van der Waals surface area (Å²) in [6.07, 6.45) is 8.25. The fourth-order valence-electron chi connectivity index (χ4n) is 3.08. The van der Waals surface area contributed by atoms with Crippen LogP contribution >= 0.6 is 0 Å². The molecule has 3 atom stereocenters. The highest BCUT2D eigenvalue weighted by Gasteiger charge is 2.30. The molecule has 0 saturated heterocycles. The van der Waals surface area contributed by atoms with E-state index in [0.717, 1.165) is 18.9 Å². The molecule has 1 aromatic heterocycles. The van der Waals surface area contributed by atoms with Gasteiger partial charge in [-0.25, -0.2) is 0 Å². The molecule has 0 aliphatic heterocycles. The summed E-state index contributed by atoms with van der Waals surface area (Å²) in [5.74, 6) is 1.56. The Labute approximate surface area is 104 Å². The van der Waals surface area contributed by atoms with E-state index >= 15 is 0 Å². The van der Waals surface area contributed by atoms with Crippen molar-refractivity contribution in [3.05, 3.63) is 18.0 Å². The second kappa shape index (κ2) is 5.67. The molecule has 2 rings (SSSR count).